The molecule has 0 saturated heterocycles. The molecule has 0 unspecified atom stereocenters. The normalized spacial score (nSPS) is 15.3. The van der Waals surface area contributed by atoms with Gasteiger partial charge in [0, 0.05) is 19.5 Å². The number of halogens is 4. The van der Waals surface area contributed by atoms with Crippen LogP contribution in [0.4, 0.5) is 13.2 Å². The second kappa shape index (κ2) is 7.28. The maximum Gasteiger partial charge on any atom is 0.417 e. The Bertz CT molecular complexity index is 718. The zero-order chi connectivity index (χ0) is 18.0. The van der Waals surface area contributed by atoms with Crippen molar-refractivity contribution in [2.75, 3.05) is 13.1 Å². The Morgan fingerprint density at radius 3 is 2.54 bits per heavy atom. The fourth-order valence-electron chi connectivity index (χ4n) is 1.94. The summed E-state index contributed by atoms with van der Waals surface area (Å²) >= 11 is 5.45. The number of amides is 1. The summed E-state index contributed by atoms with van der Waals surface area (Å²) in [5, 5.41) is 2.08. The molecule has 0 bridgehead atoms. The van der Waals surface area contributed by atoms with Gasteiger partial charge in [0.05, 0.1) is 15.5 Å². The predicted molar refractivity (Wildman–Crippen MR) is 82.0 cm³/mol. The van der Waals surface area contributed by atoms with Gasteiger partial charge in [-0.2, -0.15) is 13.2 Å². The average molecular weight is 385 g/mol. The van der Waals surface area contributed by atoms with Crippen LogP contribution in [0.1, 0.15) is 24.8 Å². The van der Waals surface area contributed by atoms with Crippen LogP contribution in [-0.2, 0) is 21.0 Å². The Morgan fingerprint density at radius 1 is 1.29 bits per heavy atom. The Kier molecular flexibility index (Phi) is 5.77. The van der Waals surface area contributed by atoms with E-state index in [0.29, 0.717) is 18.5 Å². The number of carbonyl (C=O) groups is 1. The van der Waals surface area contributed by atoms with E-state index in [-0.39, 0.29) is 18.9 Å². The standard InChI is InChI=1S/C14H16ClF3N2O3S/c15-12-4-3-10(7-11(12)14(16,17)18)24(22,23)20-6-5-13(21)19-8-9-1-2-9/h3-4,7,9,20H,1-2,5-6,8H2,(H,19,21). The van der Waals surface area contributed by atoms with E-state index in [1.807, 2.05) is 0 Å². The highest BCUT2D eigenvalue weighted by Crippen LogP contribution is 2.35. The van der Waals surface area contributed by atoms with Gasteiger partial charge in [-0.05, 0) is 37.0 Å². The van der Waals surface area contributed by atoms with Crippen LogP contribution in [0.25, 0.3) is 0 Å². The third kappa shape index (κ3) is 5.35. The molecule has 1 aliphatic rings. The molecule has 1 saturated carbocycles. The third-order valence-corrected chi connectivity index (χ3v) is 5.27. The first-order valence-electron chi connectivity index (χ1n) is 7.23. The van der Waals surface area contributed by atoms with Gasteiger partial charge in [0.25, 0.3) is 0 Å². The fraction of sp³-hybridized carbons (Fsp3) is 0.500. The number of sulfonamides is 1. The zero-order valence-corrected chi connectivity index (χ0v) is 14.1. The van der Waals surface area contributed by atoms with E-state index in [1.54, 1.807) is 0 Å². The summed E-state index contributed by atoms with van der Waals surface area (Å²) in [7, 11) is -4.16. The average Bonchev–Trinajstić information content (AvgIpc) is 3.28. The number of hydrogen-bond donors (Lipinski definition) is 2. The first kappa shape index (κ1) is 19.0. The third-order valence-electron chi connectivity index (χ3n) is 3.48. The molecule has 2 rings (SSSR count). The molecule has 1 aliphatic carbocycles. The number of carbonyl (C=O) groups excluding carboxylic acids is 1. The molecule has 24 heavy (non-hydrogen) atoms. The summed E-state index contributed by atoms with van der Waals surface area (Å²) in [5.74, 6) is 0.192. The molecule has 0 aromatic heterocycles. The molecule has 1 fully saturated rings. The second-order valence-corrected chi connectivity index (χ2v) is 7.71. The zero-order valence-electron chi connectivity index (χ0n) is 12.5. The lowest BCUT2D eigenvalue weighted by atomic mass is 10.2. The SMILES string of the molecule is O=C(CCNS(=O)(=O)c1ccc(Cl)c(C(F)(F)F)c1)NCC1CC1. The van der Waals surface area contributed by atoms with Crippen molar-refractivity contribution >= 4 is 27.5 Å². The lowest BCUT2D eigenvalue weighted by Gasteiger charge is -2.12. The highest BCUT2D eigenvalue weighted by molar-refractivity contribution is 7.89. The minimum Gasteiger partial charge on any atom is -0.356 e. The molecule has 0 spiro atoms. The van der Waals surface area contributed by atoms with E-state index in [2.05, 4.69) is 10.0 Å². The van der Waals surface area contributed by atoms with Crippen molar-refractivity contribution in [3.63, 3.8) is 0 Å². The Morgan fingerprint density at radius 2 is 1.96 bits per heavy atom. The predicted octanol–water partition coefficient (Wildman–Crippen LogP) is 2.55. The van der Waals surface area contributed by atoms with Gasteiger partial charge in [-0.1, -0.05) is 11.6 Å². The molecule has 1 aromatic rings. The van der Waals surface area contributed by atoms with E-state index in [1.165, 1.54) is 0 Å². The fourth-order valence-corrected chi connectivity index (χ4v) is 3.22. The van der Waals surface area contributed by atoms with Crippen molar-refractivity contribution in [3.8, 4) is 0 Å². The van der Waals surface area contributed by atoms with Crippen LogP contribution < -0.4 is 10.0 Å². The summed E-state index contributed by atoms with van der Waals surface area (Å²) in [4.78, 5) is 11.0. The highest BCUT2D eigenvalue weighted by atomic mass is 35.5. The molecule has 10 heteroatoms. The van der Waals surface area contributed by atoms with Crippen LogP contribution in [0, 0.1) is 5.92 Å². The smallest absolute Gasteiger partial charge is 0.356 e. The van der Waals surface area contributed by atoms with Crippen molar-refractivity contribution in [2.24, 2.45) is 5.92 Å². The minimum atomic E-state index is -4.76. The molecule has 2 N–H and O–H groups in total. The Labute approximate surface area is 142 Å². The number of nitrogens with one attached hydrogen (secondary N) is 2. The van der Waals surface area contributed by atoms with Crippen molar-refractivity contribution in [3.05, 3.63) is 28.8 Å². The van der Waals surface area contributed by atoms with Crippen molar-refractivity contribution < 1.29 is 26.4 Å². The van der Waals surface area contributed by atoms with Gasteiger partial charge in [0.2, 0.25) is 15.9 Å². The topological polar surface area (TPSA) is 75.3 Å². The largest absolute Gasteiger partial charge is 0.417 e. The van der Waals surface area contributed by atoms with Gasteiger partial charge in [-0.15, -0.1) is 0 Å². The van der Waals surface area contributed by atoms with Gasteiger partial charge < -0.3 is 5.32 Å². The maximum atomic E-state index is 12.8. The maximum absolute atomic E-state index is 12.8. The molecule has 134 valence electrons. The molecule has 1 amide bonds. The number of benzene rings is 1. The van der Waals surface area contributed by atoms with Crippen molar-refractivity contribution in [1.82, 2.24) is 10.0 Å². The van der Waals surface area contributed by atoms with Crippen LogP contribution in [-0.4, -0.2) is 27.4 Å². The minimum absolute atomic E-state index is 0.0916. The van der Waals surface area contributed by atoms with E-state index >= 15 is 0 Å². The summed E-state index contributed by atoms with van der Waals surface area (Å²) < 4.78 is 64.5. The molecule has 0 atom stereocenters. The van der Waals surface area contributed by atoms with Crippen LogP contribution in [0.5, 0.6) is 0 Å². The van der Waals surface area contributed by atoms with Gasteiger partial charge in [-0.3, -0.25) is 4.79 Å². The van der Waals surface area contributed by atoms with Crippen LogP contribution in [0.3, 0.4) is 0 Å². The van der Waals surface area contributed by atoms with Crippen LogP contribution in [0.2, 0.25) is 5.02 Å². The molecule has 0 aliphatic heterocycles. The van der Waals surface area contributed by atoms with Gasteiger partial charge in [0.15, 0.2) is 0 Å². The first-order chi connectivity index (χ1) is 11.1. The molecule has 5 nitrogen and oxygen atoms in total. The lowest BCUT2D eigenvalue weighted by molar-refractivity contribution is -0.137. The molecule has 0 radical (unpaired) electrons. The van der Waals surface area contributed by atoms with Gasteiger partial charge in [-0.25, -0.2) is 13.1 Å². The highest BCUT2D eigenvalue weighted by Gasteiger charge is 2.34. The monoisotopic (exact) mass is 384 g/mol. The Balaban J connectivity index is 1.95. The summed E-state index contributed by atoms with van der Waals surface area (Å²) in [6.45, 7) is 0.362. The second-order valence-electron chi connectivity index (χ2n) is 5.53. The van der Waals surface area contributed by atoms with Crippen molar-refractivity contribution in [1.29, 1.82) is 0 Å². The van der Waals surface area contributed by atoms with E-state index in [4.69, 9.17) is 11.6 Å². The lowest BCUT2D eigenvalue weighted by Crippen LogP contribution is -2.31. The summed E-state index contributed by atoms with van der Waals surface area (Å²) in [6.07, 6.45) is -2.70. The molecular formula is C14H16ClF3N2O3S. The van der Waals surface area contributed by atoms with Gasteiger partial charge >= 0.3 is 6.18 Å². The number of rotatable bonds is 7. The molecule has 0 heterocycles. The van der Waals surface area contributed by atoms with E-state index < -0.39 is 31.7 Å². The summed E-state index contributed by atoms with van der Waals surface area (Å²) in [5.41, 5.74) is -1.23. The quantitative estimate of drug-likeness (QED) is 0.758. The van der Waals surface area contributed by atoms with Gasteiger partial charge in [0.1, 0.15) is 0 Å². The summed E-state index contributed by atoms with van der Waals surface area (Å²) in [6, 6.07) is 2.33. The Hall–Kier alpha value is -1.32. The van der Waals surface area contributed by atoms with E-state index in [9.17, 15) is 26.4 Å². The first-order valence-corrected chi connectivity index (χ1v) is 9.09. The van der Waals surface area contributed by atoms with Crippen molar-refractivity contribution in [2.45, 2.75) is 30.3 Å². The van der Waals surface area contributed by atoms with Crippen LogP contribution >= 0.6 is 11.6 Å². The number of hydrogen-bond acceptors (Lipinski definition) is 3. The van der Waals surface area contributed by atoms with Crippen LogP contribution in [0.15, 0.2) is 23.1 Å². The number of alkyl halides is 3. The van der Waals surface area contributed by atoms with E-state index in [0.717, 1.165) is 25.0 Å². The molecule has 1 aromatic carbocycles. The molecular weight excluding hydrogens is 369 g/mol.